The molecular formula is C16H15F2N5O. The monoisotopic (exact) mass is 331 g/mol. The molecule has 0 radical (unpaired) electrons. The minimum absolute atomic E-state index is 0.0166. The standard InChI is InChI=1S/C16H15F2N5O/c17-16(18)6-12(7-22(9-16)10-19)15(24)21-14-8-23(11-20-14)13-4-2-1-3-5-13/h1-5,8,11-12H,6-7,9H2,(H,21,24). The van der Waals surface area contributed by atoms with E-state index in [0.29, 0.717) is 0 Å². The Labute approximate surface area is 137 Å². The lowest BCUT2D eigenvalue weighted by Crippen LogP contribution is -2.48. The van der Waals surface area contributed by atoms with E-state index in [9.17, 15) is 13.6 Å². The molecule has 0 aliphatic carbocycles. The van der Waals surface area contributed by atoms with E-state index >= 15 is 0 Å². The number of rotatable bonds is 3. The van der Waals surface area contributed by atoms with Gasteiger partial charge < -0.3 is 14.8 Å². The van der Waals surface area contributed by atoms with Crippen LogP contribution in [0.3, 0.4) is 0 Å². The van der Waals surface area contributed by atoms with Crippen molar-refractivity contribution in [1.82, 2.24) is 14.5 Å². The largest absolute Gasteiger partial charge is 0.309 e. The van der Waals surface area contributed by atoms with Gasteiger partial charge in [-0.3, -0.25) is 4.79 Å². The molecule has 8 heteroatoms. The van der Waals surface area contributed by atoms with Crippen LogP contribution >= 0.6 is 0 Å². The normalized spacial score (nSPS) is 19.5. The fourth-order valence-corrected chi connectivity index (χ4v) is 2.71. The molecule has 1 N–H and O–H groups in total. The zero-order valence-electron chi connectivity index (χ0n) is 12.7. The van der Waals surface area contributed by atoms with Crippen molar-refractivity contribution in [2.24, 2.45) is 5.92 Å². The number of imidazole rings is 1. The fraction of sp³-hybridized carbons (Fsp3) is 0.312. The number of carbonyl (C=O) groups excluding carboxylic acids is 1. The summed E-state index contributed by atoms with van der Waals surface area (Å²) in [6.07, 6.45) is 4.25. The molecule has 6 nitrogen and oxygen atoms in total. The van der Waals surface area contributed by atoms with Gasteiger partial charge in [-0.15, -0.1) is 0 Å². The molecule has 0 saturated carbocycles. The topological polar surface area (TPSA) is 74.0 Å². The number of hydrogen-bond acceptors (Lipinski definition) is 4. The quantitative estimate of drug-likeness (QED) is 0.876. The molecule has 1 saturated heterocycles. The molecule has 1 unspecified atom stereocenters. The summed E-state index contributed by atoms with van der Waals surface area (Å²) in [5.41, 5.74) is 0.866. The molecule has 1 fully saturated rings. The van der Waals surface area contributed by atoms with Crippen molar-refractivity contribution >= 4 is 11.7 Å². The Morgan fingerprint density at radius 3 is 2.83 bits per heavy atom. The summed E-state index contributed by atoms with van der Waals surface area (Å²) in [5.74, 6) is -4.30. The molecule has 0 spiro atoms. The van der Waals surface area contributed by atoms with Gasteiger partial charge in [0.15, 0.2) is 12.0 Å². The van der Waals surface area contributed by atoms with Crippen LogP contribution in [0, 0.1) is 17.4 Å². The van der Waals surface area contributed by atoms with Crippen molar-refractivity contribution in [2.45, 2.75) is 12.3 Å². The van der Waals surface area contributed by atoms with Gasteiger partial charge in [0, 0.05) is 18.7 Å². The molecule has 1 aliphatic heterocycles. The maximum atomic E-state index is 13.6. The van der Waals surface area contributed by atoms with Crippen LogP contribution in [0.25, 0.3) is 5.69 Å². The molecular weight excluding hydrogens is 316 g/mol. The first-order valence-electron chi connectivity index (χ1n) is 7.40. The highest BCUT2D eigenvalue weighted by Gasteiger charge is 2.43. The van der Waals surface area contributed by atoms with Crippen LogP contribution in [0.2, 0.25) is 0 Å². The van der Waals surface area contributed by atoms with Crippen LogP contribution in [0.5, 0.6) is 0 Å². The van der Waals surface area contributed by atoms with E-state index in [2.05, 4.69) is 10.3 Å². The first-order valence-corrected chi connectivity index (χ1v) is 7.40. The Hall–Kier alpha value is -2.95. The molecule has 1 aromatic carbocycles. The number of anilines is 1. The minimum atomic E-state index is -3.06. The van der Waals surface area contributed by atoms with E-state index in [1.54, 1.807) is 17.0 Å². The van der Waals surface area contributed by atoms with Crippen molar-refractivity contribution in [3.63, 3.8) is 0 Å². The van der Waals surface area contributed by atoms with Crippen molar-refractivity contribution in [2.75, 3.05) is 18.4 Å². The number of alkyl halides is 2. The van der Waals surface area contributed by atoms with E-state index in [1.807, 2.05) is 30.3 Å². The number of hydrogen-bond donors (Lipinski definition) is 1. The number of nitrogens with one attached hydrogen (secondary N) is 1. The zero-order valence-corrected chi connectivity index (χ0v) is 12.7. The number of halogens is 2. The summed E-state index contributed by atoms with van der Waals surface area (Å²) in [4.78, 5) is 17.2. The van der Waals surface area contributed by atoms with Crippen LogP contribution in [-0.2, 0) is 4.79 Å². The summed E-state index contributed by atoms with van der Waals surface area (Å²) in [7, 11) is 0. The van der Waals surface area contributed by atoms with Crippen molar-refractivity contribution < 1.29 is 13.6 Å². The van der Waals surface area contributed by atoms with Gasteiger partial charge in [0.25, 0.3) is 5.92 Å². The summed E-state index contributed by atoms with van der Waals surface area (Å²) >= 11 is 0. The number of nitrogens with zero attached hydrogens (tertiary/aromatic N) is 4. The van der Waals surface area contributed by atoms with E-state index in [4.69, 9.17) is 5.26 Å². The number of aromatic nitrogens is 2. The van der Waals surface area contributed by atoms with E-state index < -0.39 is 30.7 Å². The molecule has 24 heavy (non-hydrogen) atoms. The van der Waals surface area contributed by atoms with Crippen LogP contribution in [0.4, 0.5) is 14.6 Å². The Morgan fingerprint density at radius 2 is 2.12 bits per heavy atom. The third kappa shape index (κ3) is 3.51. The summed E-state index contributed by atoms with van der Waals surface area (Å²) in [6, 6.07) is 9.37. The van der Waals surface area contributed by atoms with Crippen LogP contribution in [0.15, 0.2) is 42.9 Å². The third-order valence-corrected chi connectivity index (χ3v) is 3.81. The number of carbonyl (C=O) groups is 1. The highest BCUT2D eigenvalue weighted by atomic mass is 19.3. The average molecular weight is 331 g/mol. The van der Waals surface area contributed by atoms with E-state index in [-0.39, 0.29) is 12.4 Å². The van der Waals surface area contributed by atoms with Crippen molar-refractivity contribution in [1.29, 1.82) is 5.26 Å². The molecule has 3 rings (SSSR count). The number of nitriles is 1. The number of para-hydroxylation sites is 1. The third-order valence-electron chi connectivity index (χ3n) is 3.81. The maximum Gasteiger partial charge on any atom is 0.266 e. The predicted octanol–water partition coefficient (Wildman–Crippen LogP) is 2.25. The summed E-state index contributed by atoms with van der Waals surface area (Å²) in [5, 5.41) is 11.4. The Balaban J connectivity index is 1.69. The number of amides is 1. The predicted molar refractivity (Wildman–Crippen MR) is 82.4 cm³/mol. The van der Waals surface area contributed by atoms with Crippen molar-refractivity contribution in [3.8, 4) is 11.9 Å². The highest BCUT2D eigenvalue weighted by Crippen LogP contribution is 2.30. The smallest absolute Gasteiger partial charge is 0.266 e. The first kappa shape index (κ1) is 15.9. The number of likely N-dealkylation sites (tertiary alicyclic amines) is 1. The van der Waals surface area contributed by atoms with Gasteiger partial charge in [0.2, 0.25) is 5.91 Å². The van der Waals surface area contributed by atoms with Gasteiger partial charge in [-0.1, -0.05) is 18.2 Å². The van der Waals surface area contributed by atoms with Gasteiger partial charge in [-0.2, -0.15) is 5.26 Å². The summed E-state index contributed by atoms with van der Waals surface area (Å²) in [6.45, 7) is -0.659. The fourth-order valence-electron chi connectivity index (χ4n) is 2.71. The first-order chi connectivity index (χ1) is 11.5. The summed E-state index contributed by atoms with van der Waals surface area (Å²) < 4.78 is 29.0. The maximum absolute atomic E-state index is 13.6. The molecule has 1 aromatic heterocycles. The van der Waals surface area contributed by atoms with Gasteiger partial charge in [-0.25, -0.2) is 13.8 Å². The second-order valence-electron chi connectivity index (χ2n) is 5.73. The second kappa shape index (κ2) is 6.28. The Bertz CT molecular complexity index is 768. The molecule has 2 aromatic rings. The molecule has 1 aliphatic rings. The molecule has 0 bridgehead atoms. The molecule has 1 atom stereocenters. The second-order valence-corrected chi connectivity index (χ2v) is 5.73. The van der Waals surface area contributed by atoms with Crippen molar-refractivity contribution in [3.05, 3.63) is 42.9 Å². The van der Waals surface area contributed by atoms with Gasteiger partial charge in [-0.05, 0) is 12.1 Å². The van der Waals surface area contributed by atoms with Gasteiger partial charge in [0.05, 0.1) is 18.7 Å². The van der Waals surface area contributed by atoms with E-state index in [0.717, 1.165) is 10.6 Å². The highest BCUT2D eigenvalue weighted by molar-refractivity contribution is 5.92. The number of benzene rings is 1. The van der Waals surface area contributed by atoms with E-state index in [1.165, 1.54) is 6.33 Å². The zero-order chi connectivity index (χ0) is 17.2. The molecule has 2 heterocycles. The molecule has 1 amide bonds. The van der Waals surface area contributed by atoms with Crippen LogP contribution < -0.4 is 5.32 Å². The van der Waals surface area contributed by atoms with Gasteiger partial charge >= 0.3 is 0 Å². The van der Waals surface area contributed by atoms with Crippen LogP contribution in [-0.4, -0.2) is 39.4 Å². The Morgan fingerprint density at radius 1 is 1.38 bits per heavy atom. The lowest BCUT2D eigenvalue weighted by molar-refractivity contribution is -0.129. The lowest BCUT2D eigenvalue weighted by atomic mass is 9.95. The SMILES string of the molecule is N#CN1CC(C(=O)Nc2cn(-c3ccccc3)cn2)CC(F)(F)C1. The van der Waals surface area contributed by atoms with Crippen LogP contribution in [0.1, 0.15) is 6.42 Å². The molecule has 124 valence electrons. The van der Waals surface area contributed by atoms with Gasteiger partial charge in [0.1, 0.15) is 6.33 Å². The average Bonchev–Trinajstić information content (AvgIpc) is 3.02. The Kier molecular flexibility index (Phi) is 4.16. The lowest BCUT2D eigenvalue weighted by Gasteiger charge is -2.33. The number of piperidine rings is 1. The minimum Gasteiger partial charge on any atom is -0.309 e.